The number of halogens is 1. The van der Waals surface area contributed by atoms with Gasteiger partial charge >= 0.3 is 0 Å². The molecule has 1 heterocycles. The van der Waals surface area contributed by atoms with Crippen LogP contribution in [-0.4, -0.2) is 44.4 Å². The van der Waals surface area contributed by atoms with Crippen molar-refractivity contribution in [1.29, 1.82) is 0 Å². The van der Waals surface area contributed by atoms with E-state index in [0.29, 0.717) is 27.8 Å². The average molecular weight is 451 g/mol. The van der Waals surface area contributed by atoms with E-state index in [1.807, 2.05) is 0 Å². The van der Waals surface area contributed by atoms with E-state index in [4.69, 9.17) is 20.9 Å². The van der Waals surface area contributed by atoms with Crippen LogP contribution < -0.4 is 14.4 Å². The van der Waals surface area contributed by atoms with Crippen LogP contribution in [0.5, 0.6) is 5.75 Å². The van der Waals surface area contributed by atoms with Gasteiger partial charge in [0.2, 0.25) is 21.7 Å². The number of amides is 1. The van der Waals surface area contributed by atoms with Gasteiger partial charge in [-0.2, -0.15) is 4.98 Å². The molecule has 30 heavy (non-hydrogen) atoms. The highest BCUT2D eigenvalue weighted by Crippen LogP contribution is 2.21. The molecule has 3 rings (SSSR count). The fraction of sp³-hybridized carbons (Fsp3) is 0.211. The van der Waals surface area contributed by atoms with E-state index in [0.717, 1.165) is 10.6 Å². The topological polar surface area (TPSA) is 115 Å². The predicted octanol–water partition coefficient (Wildman–Crippen LogP) is 2.48. The smallest absolute Gasteiger partial charge is 0.258 e. The first-order chi connectivity index (χ1) is 14.2. The molecule has 1 amide bonds. The van der Waals surface area contributed by atoms with Crippen molar-refractivity contribution in [3.8, 4) is 17.1 Å². The molecule has 9 nitrogen and oxygen atoms in total. The summed E-state index contributed by atoms with van der Waals surface area (Å²) < 4.78 is 34.7. The van der Waals surface area contributed by atoms with Gasteiger partial charge in [-0.1, -0.05) is 28.9 Å². The molecular formula is C19H19ClN4O5S. The third kappa shape index (κ3) is 5.71. The van der Waals surface area contributed by atoms with E-state index in [9.17, 15) is 13.2 Å². The second-order valence-corrected chi connectivity index (χ2v) is 8.76. The Morgan fingerprint density at radius 1 is 1.23 bits per heavy atom. The molecule has 0 fully saturated rings. The predicted molar refractivity (Wildman–Crippen MR) is 112 cm³/mol. The molecular weight excluding hydrogens is 432 g/mol. The van der Waals surface area contributed by atoms with Crippen LogP contribution in [0.1, 0.15) is 5.89 Å². The van der Waals surface area contributed by atoms with Gasteiger partial charge in [-0.3, -0.25) is 9.10 Å². The van der Waals surface area contributed by atoms with Crippen LogP contribution >= 0.6 is 11.6 Å². The summed E-state index contributed by atoms with van der Waals surface area (Å²) in [5.41, 5.74) is 1.19. The number of hydrogen-bond acceptors (Lipinski definition) is 7. The summed E-state index contributed by atoms with van der Waals surface area (Å²) in [6, 6.07) is 13.4. The van der Waals surface area contributed by atoms with E-state index in [-0.39, 0.29) is 24.9 Å². The zero-order valence-electron chi connectivity index (χ0n) is 16.2. The molecule has 0 aliphatic carbocycles. The molecule has 11 heteroatoms. The molecule has 0 aliphatic heterocycles. The van der Waals surface area contributed by atoms with Gasteiger partial charge in [-0.05, 0) is 36.4 Å². The number of carbonyl (C=O) groups is 1. The highest BCUT2D eigenvalue weighted by Gasteiger charge is 2.13. The highest BCUT2D eigenvalue weighted by molar-refractivity contribution is 7.92. The van der Waals surface area contributed by atoms with Crippen LogP contribution in [0.4, 0.5) is 5.69 Å². The highest BCUT2D eigenvalue weighted by atomic mass is 35.5. The number of aromatic nitrogens is 2. The lowest BCUT2D eigenvalue weighted by Gasteiger charge is -2.16. The molecule has 0 saturated heterocycles. The Labute approximate surface area is 178 Å². The normalized spacial score (nSPS) is 11.2. The zero-order chi connectivity index (χ0) is 21.7. The van der Waals surface area contributed by atoms with Gasteiger partial charge in [-0.25, -0.2) is 8.42 Å². The number of benzene rings is 2. The van der Waals surface area contributed by atoms with E-state index < -0.39 is 10.0 Å². The van der Waals surface area contributed by atoms with Crippen LogP contribution in [0, 0.1) is 0 Å². The van der Waals surface area contributed by atoms with Crippen LogP contribution in [0.15, 0.2) is 53.1 Å². The fourth-order valence-electron chi connectivity index (χ4n) is 2.39. The van der Waals surface area contributed by atoms with Gasteiger partial charge in [0, 0.05) is 17.6 Å². The minimum absolute atomic E-state index is 0.0495. The average Bonchev–Trinajstić information content (AvgIpc) is 3.19. The van der Waals surface area contributed by atoms with E-state index >= 15 is 0 Å². The standard InChI is InChI=1S/C19H19ClN4O5S/c1-24(30(2,26)27)15-6-8-16(9-7-15)28-12-17(25)21-11-18-22-19(23-29-18)13-4-3-5-14(20)10-13/h3-10H,11-12H2,1-2H3,(H,21,25). The fourth-order valence-corrected chi connectivity index (χ4v) is 3.08. The number of hydrogen-bond donors (Lipinski definition) is 1. The van der Waals surface area contributed by atoms with Gasteiger partial charge < -0.3 is 14.6 Å². The van der Waals surface area contributed by atoms with Gasteiger partial charge in [0.1, 0.15) is 5.75 Å². The number of nitrogens with zero attached hydrogens (tertiary/aromatic N) is 3. The van der Waals surface area contributed by atoms with Gasteiger partial charge in [0.05, 0.1) is 18.5 Å². The lowest BCUT2D eigenvalue weighted by Crippen LogP contribution is -2.28. The van der Waals surface area contributed by atoms with Crippen LogP contribution in [-0.2, 0) is 21.4 Å². The second-order valence-electron chi connectivity index (χ2n) is 6.31. The molecule has 2 aromatic carbocycles. The number of nitrogens with one attached hydrogen (secondary N) is 1. The lowest BCUT2D eigenvalue weighted by atomic mass is 10.2. The van der Waals surface area contributed by atoms with E-state index in [1.165, 1.54) is 7.05 Å². The molecule has 158 valence electrons. The molecule has 3 aromatic rings. The summed E-state index contributed by atoms with van der Waals surface area (Å²) in [7, 11) is -1.89. The van der Waals surface area contributed by atoms with Crippen LogP contribution in [0.25, 0.3) is 11.4 Å². The molecule has 0 unspecified atom stereocenters. The lowest BCUT2D eigenvalue weighted by molar-refractivity contribution is -0.123. The summed E-state index contributed by atoms with van der Waals surface area (Å²) in [6.45, 7) is -0.176. The maximum atomic E-state index is 12.0. The molecule has 0 bridgehead atoms. The Morgan fingerprint density at radius 3 is 2.63 bits per heavy atom. The Bertz CT molecular complexity index is 1130. The third-order valence-electron chi connectivity index (χ3n) is 4.06. The Kier molecular flexibility index (Phi) is 6.58. The van der Waals surface area contributed by atoms with Crippen molar-refractivity contribution in [2.24, 2.45) is 0 Å². The Hall–Kier alpha value is -3.11. The molecule has 0 aliphatic rings. The molecule has 1 aromatic heterocycles. The summed E-state index contributed by atoms with van der Waals surface area (Å²) in [5.74, 6) is 0.662. The molecule has 0 radical (unpaired) electrons. The SMILES string of the molecule is CN(c1ccc(OCC(=O)NCc2nc(-c3cccc(Cl)c3)no2)cc1)S(C)(=O)=O. The summed E-state index contributed by atoms with van der Waals surface area (Å²) >= 11 is 5.95. The monoisotopic (exact) mass is 450 g/mol. The van der Waals surface area contributed by atoms with Crippen molar-refractivity contribution >= 4 is 33.2 Å². The molecule has 0 atom stereocenters. The maximum Gasteiger partial charge on any atom is 0.258 e. The summed E-state index contributed by atoms with van der Waals surface area (Å²) in [4.78, 5) is 16.2. The van der Waals surface area contributed by atoms with Gasteiger partial charge in [0.25, 0.3) is 5.91 Å². The molecule has 1 N–H and O–H groups in total. The number of ether oxygens (including phenoxy) is 1. The maximum absolute atomic E-state index is 12.0. The van der Waals surface area contributed by atoms with Crippen LogP contribution in [0.2, 0.25) is 5.02 Å². The first-order valence-electron chi connectivity index (χ1n) is 8.74. The third-order valence-corrected chi connectivity index (χ3v) is 5.50. The second kappa shape index (κ2) is 9.14. The minimum Gasteiger partial charge on any atom is -0.484 e. The van der Waals surface area contributed by atoms with Crippen molar-refractivity contribution in [2.75, 3.05) is 24.2 Å². The van der Waals surface area contributed by atoms with Crippen molar-refractivity contribution in [2.45, 2.75) is 6.54 Å². The minimum atomic E-state index is -3.34. The van der Waals surface area contributed by atoms with Crippen molar-refractivity contribution in [3.05, 3.63) is 59.4 Å². The number of carbonyl (C=O) groups excluding carboxylic acids is 1. The van der Waals surface area contributed by atoms with Crippen molar-refractivity contribution < 1.29 is 22.5 Å². The van der Waals surface area contributed by atoms with Crippen molar-refractivity contribution in [3.63, 3.8) is 0 Å². The largest absolute Gasteiger partial charge is 0.484 e. The van der Waals surface area contributed by atoms with Crippen LogP contribution in [0.3, 0.4) is 0 Å². The van der Waals surface area contributed by atoms with E-state index in [1.54, 1.807) is 48.5 Å². The first-order valence-corrected chi connectivity index (χ1v) is 11.0. The summed E-state index contributed by atoms with van der Waals surface area (Å²) in [5, 5.41) is 7.04. The van der Waals surface area contributed by atoms with E-state index in [2.05, 4.69) is 15.5 Å². The van der Waals surface area contributed by atoms with Gasteiger partial charge in [0.15, 0.2) is 6.61 Å². The van der Waals surface area contributed by atoms with Crippen molar-refractivity contribution in [1.82, 2.24) is 15.5 Å². The quantitative estimate of drug-likeness (QED) is 0.560. The Morgan fingerprint density at radius 2 is 1.97 bits per heavy atom. The number of anilines is 1. The molecule has 0 spiro atoms. The zero-order valence-corrected chi connectivity index (χ0v) is 17.8. The number of rotatable bonds is 8. The Balaban J connectivity index is 1.49. The first kappa shape index (κ1) is 21.6. The molecule has 0 saturated carbocycles. The number of sulfonamides is 1. The summed E-state index contributed by atoms with van der Waals surface area (Å²) in [6.07, 6.45) is 1.11. The van der Waals surface area contributed by atoms with Gasteiger partial charge in [-0.15, -0.1) is 0 Å².